The number of nitrogens with zero attached hydrogens (tertiary/aromatic N) is 4. The fraction of sp³-hybridized carbons (Fsp3) is 0.500. The molecule has 1 aliphatic rings. The SMILES string of the molecule is CN=C(NCCc1nnc2n1CCCCC2)NCc1ccccc1Cl. The highest BCUT2D eigenvalue weighted by Gasteiger charge is 2.14. The summed E-state index contributed by atoms with van der Waals surface area (Å²) in [5.74, 6) is 2.95. The second-order valence-corrected chi connectivity index (χ2v) is 6.60. The van der Waals surface area contributed by atoms with E-state index in [1.165, 1.54) is 19.3 Å². The van der Waals surface area contributed by atoms with Gasteiger partial charge in [0.2, 0.25) is 0 Å². The molecule has 0 saturated heterocycles. The molecule has 0 bridgehead atoms. The van der Waals surface area contributed by atoms with Crippen LogP contribution in [0, 0.1) is 0 Å². The van der Waals surface area contributed by atoms with E-state index in [0.29, 0.717) is 6.54 Å². The number of aryl methyl sites for hydroxylation is 1. The summed E-state index contributed by atoms with van der Waals surface area (Å²) in [5.41, 5.74) is 1.05. The van der Waals surface area contributed by atoms with Crippen molar-refractivity contribution in [3.63, 3.8) is 0 Å². The molecule has 25 heavy (non-hydrogen) atoms. The number of guanidine groups is 1. The second-order valence-electron chi connectivity index (χ2n) is 6.19. The molecule has 0 atom stereocenters. The number of hydrogen-bond acceptors (Lipinski definition) is 3. The van der Waals surface area contributed by atoms with E-state index in [1.54, 1.807) is 7.05 Å². The Kier molecular flexibility index (Phi) is 6.28. The molecular weight excluding hydrogens is 336 g/mol. The number of halogens is 1. The number of rotatable bonds is 5. The Morgan fingerprint density at radius 1 is 1.20 bits per heavy atom. The fourth-order valence-electron chi connectivity index (χ4n) is 3.06. The van der Waals surface area contributed by atoms with Crippen LogP contribution in [0.5, 0.6) is 0 Å². The molecule has 3 rings (SSSR count). The highest BCUT2D eigenvalue weighted by atomic mass is 35.5. The highest BCUT2D eigenvalue weighted by molar-refractivity contribution is 6.31. The van der Waals surface area contributed by atoms with Crippen LogP contribution in [0.1, 0.15) is 36.5 Å². The molecule has 1 aromatic carbocycles. The van der Waals surface area contributed by atoms with E-state index in [9.17, 15) is 0 Å². The van der Waals surface area contributed by atoms with Gasteiger partial charge < -0.3 is 15.2 Å². The monoisotopic (exact) mass is 360 g/mol. The molecule has 134 valence electrons. The minimum Gasteiger partial charge on any atom is -0.356 e. The molecule has 2 N–H and O–H groups in total. The van der Waals surface area contributed by atoms with Gasteiger partial charge in [-0.1, -0.05) is 36.2 Å². The molecule has 1 aliphatic heterocycles. The van der Waals surface area contributed by atoms with Crippen molar-refractivity contribution in [2.45, 2.75) is 45.2 Å². The number of aliphatic imine (C=N–C) groups is 1. The standard InChI is InChI=1S/C18H25ClN6/c1-20-18(22-13-14-7-4-5-8-15(14)19)21-11-10-17-24-23-16-9-3-2-6-12-25(16)17/h4-5,7-8H,2-3,6,9-13H2,1H3,(H2,20,21,22). The van der Waals surface area contributed by atoms with Crippen LogP contribution in [0.3, 0.4) is 0 Å². The van der Waals surface area contributed by atoms with Crippen molar-refractivity contribution < 1.29 is 0 Å². The molecule has 0 unspecified atom stereocenters. The number of aromatic nitrogens is 3. The van der Waals surface area contributed by atoms with Crippen molar-refractivity contribution in [3.8, 4) is 0 Å². The van der Waals surface area contributed by atoms with E-state index in [-0.39, 0.29) is 0 Å². The van der Waals surface area contributed by atoms with E-state index in [2.05, 4.69) is 30.4 Å². The van der Waals surface area contributed by atoms with E-state index < -0.39 is 0 Å². The molecule has 2 heterocycles. The number of hydrogen-bond donors (Lipinski definition) is 2. The Morgan fingerprint density at radius 3 is 2.92 bits per heavy atom. The maximum Gasteiger partial charge on any atom is 0.191 e. The average molecular weight is 361 g/mol. The predicted octanol–water partition coefficient (Wildman–Crippen LogP) is 2.57. The summed E-state index contributed by atoms with van der Waals surface area (Å²) in [6.45, 7) is 2.44. The summed E-state index contributed by atoms with van der Waals surface area (Å²) < 4.78 is 2.29. The molecule has 0 aliphatic carbocycles. The quantitative estimate of drug-likeness (QED) is 0.635. The zero-order valence-electron chi connectivity index (χ0n) is 14.6. The van der Waals surface area contributed by atoms with E-state index in [1.807, 2.05) is 24.3 Å². The molecule has 1 aromatic heterocycles. The summed E-state index contributed by atoms with van der Waals surface area (Å²) in [6.07, 6.45) is 5.59. The van der Waals surface area contributed by atoms with Crippen LogP contribution in [0.25, 0.3) is 0 Å². The van der Waals surface area contributed by atoms with E-state index in [4.69, 9.17) is 11.6 Å². The highest BCUT2D eigenvalue weighted by Crippen LogP contribution is 2.15. The van der Waals surface area contributed by atoms with Gasteiger partial charge in [-0.2, -0.15) is 0 Å². The largest absolute Gasteiger partial charge is 0.356 e. The Labute approximate surface area is 153 Å². The van der Waals surface area contributed by atoms with Gasteiger partial charge in [0.05, 0.1) is 0 Å². The first-order valence-corrected chi connectivity index (χ1v) is 9.24. The number of fused-ring (bicyclic) bond motifs is 1. The maximum atomic E-state index is 6.19. The first kappa shape index (κ1) is 17.7. The maximum absolute atomic E-state index is 6.19. The van der Waals surface area contributed by atoms with Crippen molar-refractivity contribution in [1.29, 1.82) is 0 Å². The lowest BCUT2D eigenvalue weighted by Crippen LogP contribution is -2.38. The summed E-state index contributed by atoms with van der Waals surface area (Å²) in [7, 11) is 1.77. The normalized spacial score (nSPS) is 14.7. The smallest absolute Gasteiger partial charge is 0.191 e. The first-order chi connectivity index (χ1) is 12.3. The molecule has 0 spiro atoms. The number of benzene rings is 1. The van der Waals surface area contributed by atoms with Crippen LogP contribution >= 0.6 is 11.6 Å². The number of nitrogens with one attached hydrogen (secondary N) is 2. The lowest BCUT2D eigenvalue weighted by molar-refractivity contribution is 0.600. The summed E-state index contributed by atoms with van der Waals surface area (Å²) in [6, 6.07) is 7.82. The molecule has 0 fully saturated rings. The Morgan fingerprint density at radius 2 is 2.08 bits per heavy atom. The summed E-state index contributed by atoms with van der Waals surface area (Å²) in [5, 5.41) is 16.1. The van der Waals surface area contributed by atoms with Gasteiger partial charge in [-0.3, -0.25) is 4.99 Å². The van der Waals surface area contributed by atoms with Gasteiger partial charge in [0.15, 0.2) is 5.96 Å². The third-order valence-electron chi connectivity index (χ3n) is 4.45. The average Bonchev–Trinajstić information content (AvgIpc) is 2.86. The molecular formula is C18H25ClN6. The fourth-order valence-corrected chi connectivity index (χ4v) is 3.27. The van der Waals surface area contributed by atoms with Gasteiger partial charge in [0, 0.05) is 44.5 Å². The van der Waals surface area contributed by atoms with Crippen LogP contribution < -0.4 is 10.6 Å². The molecule has 0 saturated carbocycles. The Bertz CT molecular complexity index is 724. The van der Waals surface area contributed by atoms with E-state index >= 15 is 0 Å². The zero-order valence-corrected chi connectivity index (χ0v) is 15.4. The Hall–Kier alpha value is -2.08. The van der Waals surface area contributed by atoms with Crippen LogP contribution in [-0.2, 0) is 25.9 Å². The third kappa shape index (κ3) is 4.72. The predicted molar refractivity (Wildman–Crippen MR) is 101 cm³/mol. The van der Waals surface area contributed by atoms with Crippen LogP contribution in [0.2, 0.25) is 5.02 Å². The first-order valence-electron chi connectivity index (χ1n) is 8.87. The minimum atomic E-state index is 0.639. The van der Waals surface area contributed by atoms with Gasteiger partial charge in [-0.15, -0.1) is 10.2 Å². The van der Waals surface area contributed by atoms with Crippen LogP contribution in [0.15, 0.2) is 29.3 Å². The second kappa shape index (κ2) is 8.85. The zero-order chi connectivity index (χ0) is 17.5. The topological polar surface area (TPSA) is 67.1 Å². The van der Waals surface area contributed by atoms with Crippen molar-refractivity contribution in [2.24, 2.45) is 4.99 Å². The third-order valence-corrected chi connectivity index (χ3v) is 4.82. The van der Waals surface area contributed by atoms with Gasteiger partial charge in [-0.05, 0) is 24.5 Å². The molecule has 0 radical (unpaired) electrons. The van der Waals surface area contributed by atoms with Crippen molar-refractivity contribution >= 4 is 17.6 Å². The molecule has 0 amide bonds. The summed E-state index contributed by atoms with van der Waals surface area (Å²) >= 11 is 6.19. The minimum absolute atomic E-state index is 0.639. The van der Waals surface area contributed by atoms with Gasteiger partial charge in [0.1, 0.15) is 11.6 Å². The van der Waals surface area contributed by atoms with Crippen LogP contribution in [0.4, 0.5) is 0 Å². The molecule has 2 aromatic rings. The lowest BCUT2D eigenvalue weighted by atomic mass is 10.2. The van der Waals surface area contributed by atoms with Crippen molar-refractivity contribution in [2.75, 3.05) is 13.6 Å². The van der Waals surface area contributed by atoms with E-state index in [0.717, 1.165) is 54.1 Å². The molecule has 7 heteroatoms. The van der Waals surface area contributed by atoms with Gasteiger partial charge in [0.25, 0.3) is 0 Å². The van der Waals surface area contributed by atoms with Crippen LogP contribution in [-0.4, -0.2) is 34.3 Å². The summed E-state index contributed by atoms with van der Waals surface area (Å²) in [4.78, 5) is 4.26. The van der Waals surface area contributed by atoms with Gasteiger partial charge in [-0.25, -0.2) is 0 Å². The van der Waals surface area contributed by atoms with Crippen molar-refractivity contribution in [3.05, 3.63) is 46.5 Å². The lowest BCUT2D eigenvalue weighted by Gasteiger charge is -2.13. The van der Waals surface area contributed by atoms with Gasteiger partial charge >= 0.3 is 0 Å². The Balaban J connectivity index is 1.49. The molecule has 6 nitrogen and oxygen atoms in total. The van der Waals surface area contributed by atoms with Crippen molar-refractivity contribution in [1.82, 2.24) is 25.4 Å².